The summed E-state index contributed by atoms with van der Waals surface area (Å²) in [4.78, 5) is 0. The molecule has 0 amide bonds. The summed E-state index contributed by atoms with van der Waals surface area (Å²) in [7, 11) is 0. The molecule has 3 rings (SSSR count). The quantitative estimate of drug-likeness (QED) is 0.251. The zero-order chi connectivity index (χ0) is 23.3. The van der Waals surface area contributed by atoms with Crippen LogP contribution in [0, 0.1) is 11.8 Å². The van der Waals surface area contributed by atoms with Gasteiger partial charge in [-0.05, 0) is 79.2 Å². The van der Waals surface area contributed by atoms with E-state index in [2.05, 4.69) is 56.3 Å². The highest BCUT2D eigenvalue weighted by Crippen LogP contribution is 2.33. The van der Waals surface area contributed by atoms with Gasteiger partial charge < -0.3 is 4.74 Å². The molecule has 0 aliphatic heterocycles. The smallest absolute Gasteiger partial charge is 0.137 e. The van der Waals surface area contributed by atoms with E-state index in [-0.39, 0.29) is 0 Å². The van der Waals surface area contributed by atoms with Crippen molar-refractivity contribution in [3.63, 3.8) is 0 Å². The summed E-state index contributed by atoms with van der Waals surface area (Å²) in [5.74, 6) is 2.49. The van der Waals surface area contributed by atoms with E-state index in [0.717, 1.165) is 36.1 Å². The van der Waals surface area contributed by atoms with Crippen molar-refractivity contribution in [1.82, 2.24) is 0 Å². The van der Waals surface area contributed by atoms with Crippen LogP contribution >= 0.6 is 11.6 Å². The lowest BCUT2D eigenvalue weighted by Crippen LogP contribution is -2.20. The SMILES string of the molecule is CCCCCc1ccc(CCc2ccc(OC[C@H]3CC[C@H](CCCCC)CC3)c(Cl)c2)cc1. The Morgan fingerprint density at radius 1 is 0.697 bits per heavy atom. The zero-order valence-corrected chi connectivity index (χ0v) is 21.8. The molecule has 1 saturated carbocycles. The maximum absolute atomic E-state index is 6.58. The molecule has 2 aromatic rings. The van der Waals surface area contributed by atoms with Gasteiger partial charge in [-0.15, -0.1) is 0 Å². The van der Waals surface area contributed by atoms with Gasteiger partial charge in [-0.2, -0.15) is 0 Å². The van der Waals surface area contributed by atoms with E-state index in [1.807, 2.05) is 0 Å². The van der Waals surface area contributed by atoms with Crippen molar-refractivity contribution in [2.24, 2.45) is 11.8 Å². The van der Waals surface area contributed by atoms with Crippen LogP contribution in [0.4, 0.5) is 0 Å². The van der Waals surface area contributed by atoms with Crippen molar-refractivity contribution in [2.75, 3.05) is 6.61 Å². The Morgan fingerprint density at radius 2 is 1.27 bits per heavy atom. The molecule has 0 atom stereocenters. The summed E-state index contributed by atoms with van der Waals surface area (Å²) in [6.07, 6.45) is 18.1. The molecule has 2 heteroatoms. The molecule has 1 aliphatic rings. The van der Waals surface area contributed by atoms with E-state index in [0.29, 0.717) is 5.92 Å². The normalized spacial score (nSPS) is 18.4. The fourth-order valence-corrected chi connectivity index (χ4v) is 5.39. The molecular formula is C31H45ClO. The van der Waals surface area contributed by atoms with Crippen LogP contribution in [0.2, 0.25) is 5.02 Å². The second-order valence-electron chi connectivity index (χ2n) is 10.2. The van der Waals surface area contributed by atoms with Crippen molar-refractivity contribution in [3.05, 3.63) is 64.2 Å². The van der Waals surface area contributed by atoms with Crippen LogP contribution in [-0.2, 0) is 19.3 Å². The highest BCUT2D eigenvalue weighted by Gasteiger charge is 2.21. The lowest BCUT2D eigenvalue weighted by atomic mass is 9.80. The predicted octanol–water partition coefficient (Wildman–Crippen LogP) is 9.62. The van der Waals surface area contributed by atoms with E-state index < -0.39 is 0 Å². The third-order valence-electron chi connectivity index (χ3n) is 7.45. The van der Waals surface area contributed by atoms with Crippen LogP contribution in [0.15, 0.2) is 42.5 Å². The highest BCUT2D eigenvalue weighted by atomic mass is 35.5. The van der Waals surface area contributed by atoms with Gasteiger partial charge in [-0.25, -0.2) is 0 Å². The van der Waals surface area contributed by atoms with Gasteiger partial charge in [0.2, 0.25) is 0 Å². The molecule has 0 heterocycles. The number of hydrogen-bond acceptors (Lipinski definition) is 1. The number of rotatable bonds is 14. The molecular weight excluding hydrogens is 424 g/mol. The van der Waals surface area contributed by atoms with E-state index in [1.54, 1.807) is 0 Å². The van der Waals surface area contributed by atoms with E-state index >= 15 is 0 Å². The van der Waals surface area contributed by atoms with Gasteiger partial charge in [0, 0.05) is 0 Å². The number of unbranched alkanes of at least 4 members (excludes halogenated alkanes) is 4. The largest absolute Gasteiger partial charge is 0.492 e. The first kappa shape index (κ1) is 26.1. The monoisotopic (exact) mass is 468 g/mol. The van der Waals surface area contributed by atoms with Crippen molar-refractivity contribution in [1.29, 1.82) is 0 Å². The van der Waals surface area contributed by atoms with Crippen LogP contribution in [0.25, 0.3) is 0 Å². The summed E-state index contributed by atoms with van der Waals surface area (Å²) < 4.78 is 6.15. The Kier molecular flexibility index (Phi) is 11.7. The minimum atomic E-state index is 0.688. The van der Waals surface area contributed by atoms with Crippen LogP contribution < -0.4 is 4.74 Å². The minimum absolute atomic E-state index is 0.688. The minimum Gasteiger partial charge on any atom is -0.492 e. The standard InChI is InChI=1S/C31H45ClO/c1-3-5-7-9-25-11-13-27(14-12-25)15-18-28-21-22-31(30(32)23-28)33-24-29-19-16-26(17-20-29)10-8-6-4-2/h11-14,21-23,26,29H,3-10,15-20,24H2,1-2H3/t26-,29-. The first-order chi connectivity index (χ1) is 16.2. The molecule has 1 fully saturated rings. The molecule has 0 saturated heterocycles. The fourth-order valence-electron chi connectivity index (χ4n) is 5.13. The molecule has 0 aromatic heterocycles. The molecule has 0 spiro atoms. The summed E-state index contributed by atoms with van der Waals surface area (Å²) in [6, 6.07) is 15.5. The van der Waals surface area contributed by atoms with Gasteiger partial charge >= 0.3 is 0 Å². The fraction of sp³-hybridized carbons (Fsp3) is 0.613. The van der Waals surface area contributed by atoms with Gasteiger partial charge in [-0.1, -0.05) is 107 Å². The van der Waals surface area contributed by atoms with Crippen LogP contribution in [0.5, 0.6) is 5.75 Å². The molecule has 0 radical (unpaired) electrons. The van der Waals surface area contributed by atoms with Crippen LogP contribution in [0.3, 0.4) is 0 Å². The number of aryl methyl sites for hydroxylation is 3. The molecule has 182 valence electrons. The maximum Gasteiger partial charge on any atom is 0.137 e. The Balaban J connectivity index is 1.38. The Bertz CT molecular complexity index is 789. The molecule has 0 N–H and O–H groups in total. The van der Waals surface area contributed by atoms with Crippen molar-refractivity contribution >= 4 is 11.6 Å². The second-order valence-corrected chi connectivity index (χ2v) is 10.6. The highest BCUT2D eigenvalue weighted by molar-refractivity contribution is 6.32. The number of hydrogen-bond donors (Lipinski definition) is 0. The van der Waals surface area contributed by atoms with Crippen molar-refractivity contribution < 1.29 is 4.74 Å². The van der Waals surface area contributed by atoms with Gasteiger partial charge in [0.25, 0.3) is 0 Å². The van der Waals surface area contributed by atoms with Crippen molar-refractivity contribution in [3.8, 4) is 5.75 Å². The average Bonchev–Trinajstić information content (AvgIpc) is 2.84. The molecule has 0 bridgehead atoms. The van der Waals surface area contributed by atoms with Crippen LogP contribution in [-0.4, -0.2) is 6.61 Å². The van der Waals surface area contributed by atoms with E-state index in [1.165, 1.54) is 93.7 Å². The number of benzene rings is 2. The van der Waals surface area contributed by atoms with Crippen molar-refractivity contribution in [2.45, 2.75) is 104 Å². The van der Waals surface area contributed by atoms with Gasteiger partial charge in [-0.3, -0.25) is 0 Å². The Hall–Kier alpha value is -1.47. The number of halogens is 1. The molecule has 1 aliphatic carbocycles. The summed E-state index contributed by atoms with van der Waals surface area (Å²) in [5, 5.41) is 0.757. The van der Waals surface area contributed by atoms with Gasteiger partial charge in [0.05, 0.1) is 11.6 Å². The topological polar surface area (TPSA) is 9.23 Å². The Labute approximate surface area is 208 Å². The maximum atomic E-state index is 6.58. The summed E-state index contributed by atoms with van der Waals surface area (Å²) in [6.45, 7) is 5.36. The lowest BCUT2D eigenvalue weighted by molar-refractivity contribution is 0.178. The Morgan fingerprint density at radius 3 is 1.94 bits per heavy atom. The van der Waals surface area contributed by atoms with E-state index in [4.69, 9.17) is 16.3 Å². The van der Waals surface area contributed by atoms with Gasteiger partial charge in [0.1, 0.15) is 5.75 Å². The average molecular weight is 469 g/mol. The summed E-state index contributed by atoms with van der Waals surface area (Å²) in [5.41, 5.74) is 4.14. The molecule has 0 unspecified atom stereocenters. The zero-order valence-electron chi connectivity index (χ0n) is 21.1. The first-order valence-electron chi connectivity index (χ1n) is 13.7. The lowest BCUT2D eigenvalue weighted by Gasteiger charge is -2.28. The second kappa shape index (κ2) is 14.7. The van der Waals surface area contributed by atoms with Gasteiger partial charge in [0.15, 0.2) is 0 Å². The predicted molar refractivity (Wildman–Crippen MR) is 144 cm³/mol. The first-order valence-corrected chi connectivity index (χ1v) is 14.0. The summed E-state index contributed by atoms with van der Waals surface area (Å²) >= 11 is 6.58. The third-order valence-corrected chi connectivity index (χ3v) is 7.74. The molecule has 33 heavy (non-hydrogen) atoms. The number of ether oxygens (including phenoxy) is 1. The third kappa shape index (κ3) is 9.36. The molecule has 2 aromatic carbocycles. The van der Waals surface area contributed by atoms with E-state index in [9.17, 15) is 0 Å². The molecule has 1 nitrogen and oxygen atoms in total. The van der Waals surface area contributed by atoms with Crippen LogP contribution in [0.1, 0.15) is 101 Å².